The lowest BCUT2D eigenvalue weighted by Gasteiger charge is -2.25. The zero-order chi connectivity index (χ0) is 22.1. The Morgan fingerprint density at radius 1 is 1.06 bits per heavy atom. The van der Waals surface area contributed by atoms with Crippen LogP contribution in [0, 0.1) is 6.92 Å². The number of nitrogens with zero attached hydrogens (tertiary/aromatic N) is 2. The minimum absolute atomic E-state index is 0.0612. The number of rotatable bonds is 4. The molecule has 0 aliphatic carbocycles. The number of pyridine rings is 1. The second-order valence-electron chi connectivity index (χ2n) is 7.47. The van der Waals surface area contributed by atoms with Crippen molar-refractivity contribution in [1.82, 2.24) is 4.98 Å². The molecular formula is C25H22N2O4. The first-order valence-electron chi connectivity index (χ1n) is 10.0. The molecule has 6 heteroatoms. The van der Waals surface area contributed by atoms with Gasteiger partial charge in [0.05, 0.1) is 17.0 Å². The van der Waals surface area contributed by atoms with Crippen molar-refractivity contribution in [2.24, 2.45) is 0 Å². The number of Topliss-reactive ketones (excluding diaryl/α,β-unsaturated/α-hetero) is 1. The third-order valence-corrected chi connectivity index (χ3v) is 5.44. The number of anilines is 1. The molecule has 1 aliphatic rings. The van der Waals surface area contributed by atoms with E-state index in [1.807, 2.05) is 26.0 Å². The van der Waals surface area contributed by atoms with Gasteiger partial charge in [-0.1, -0.05) is 43.3 Å². The summed E-state index contributed by atoms with van der Waals surface area (Å²) < 4.78 is 0. The standard InChI is InChI=1S/C25H22N2O4/c1-3-16-8-10-17(11-9-16)23(29)21-22(18-6-4-5-13-26-18)27(25(31)24(21)30)19-14-15(2)7-12-20(19)28/h4-14,22,28-29H,3H2,1-2H3/b23-21+. The van der Waals surface area contributed by atoms with Crippen molar-refractivity contribution in [1.29, 1.82) is 0 Å². The molecule has 0 spiro atoms. The van der Waals surface area contributed by atoms with Crippen LogP contribution < -0.4 is 4.90 Å². The van der Waals surface area contributed by atoms with E-state index in [0.717, 1.165) is 17.5 Å². The van der Waals surface area contributed by atoms with Crippen LogP contribution in [0.1, 0.15) is 35.3 Å². The van der Waals surface area contributed by atoms with Crippen LogP contribution in [0.2, 0.25) is 0 Å². The maximum atomic E-state index is 13.1. The minimum Gasteiger partial charge on any atom is -0.507 e. The minimum atomic E-state index is -0.972. The third kappa shape index (κ3) is 3.57. The Hall–Kier alpha value is -3.93. The van der Waals surface area contributed by atoms with Gasteiger partial charge in [-0.25, -0.2) is 0 Å². The van der Waals surface area contributed by atoms with Crippen molar-refractivity contribution in [2.45, 2.75) is 26.3 Å². The van der Waals surface area contributed by atoms with E-state index in [-0.39, 0.29) is 22.8 Å². The fourth-order valence-electron chi connectivity index (χ4n) is 3.78. The van der Waals surface area contributed by atoms with Crippen LogP contribution in [0.3, 0.4) is 0 Å². The number of aliphatic hydroxyl groups excluding tert-OH is 1. The van der Waals surface area contributed by atoms with Crippen LogP contribution in [0.15, 0.2) is 72.4 Å². The quantitative estimate of drug-likeness (QED) is 0.378. The van der Waals surface area contributed by atoms with Gasteiger partial charge in [-0.2, -0.15) is 0 Å². The molecule has 2 aromatic carbocycles. The number of aliphatic hydroxyl groups is 1. The van der Waals surface area contributed by atoms with Gasteiger partial charge in [0.2, 0.25) is 0 Å². The molecule has 0 bridgehead atoms. The molecule has 1 fully saturated rings. The normalized spacial score (nSPS) is 17.9. The highest BCUT2D eigenvalue weighted by Crippen LogP contribution is 2.44. The largest absolute Gasteiger partial charge is 0.507 e. The highest BCUT2D eigenvalue weighted by Gasteiger charge is 2.48. The van der Waals surface area contributed by atoms with Crippen LogP contribution >= 0.6 is 0 Å². The number of aromatic nitrogens is 1. The highest BCUT2D eigenvalue weighted by molar-refractivity contribution is 6.51. The van der Waals surface area contributed by atoms with Gasteiger partial charge in [0, 0.05) is 11.8 Å². The molecule has 156 valence electrons. The van der Waals surface area contributed by atoms with Crippen molar-refractivity contribution in [2.75, 3.05) is 4.90 Å². The smallest absolute Gasteiger partial charge is 0.300 e. The van der Waals surface area contributed by atoms with E-state index in [0.29, 0.717) is 11.3 Å². The summed E-state index contributed by atoms with van der Waals surface area (Å²) >= 11 is 0. The number of ketones is 1. The summed E-state index contributed by atoms with van der Waals surface area (Å²) in [5.41, 5.74) is 2.87. The number of benzene rings is 2. The molecule has 31 heavy (non-hydrogen) atoms. The topological polar surface area (TPSA) is 90.7 Å². The number of carbonyl (C=O) groups is 2. The highest BCUT2D eigenvalue weighted by atomic mass is 16.3. The van der Waals surface area contributed by atoms with Crippen LogP contribution in [0.4, 0.5) is 5.69 Å². The zero-order valence-corrected chi connectivity index (χ0v) is 17.2. The first-order chi connectivity index (χ1) is 14.9. The molecule has 0 radical (unpaired) electrons. The van der Waals surface area contributed by atoms with Crippen LogP contribution in [-0.4, -0.2) is 26.9 Å². The van der Waals surface area contributed by atoms with E-state index in [9.17, 15) is 19.8 Å². The summed E-state index contributed by atoms with van der Waals surface area (Å²) in [5.74, 6) is -2.07. The van der Waals surface area contributed by atoms with Gasteiger partial charge in [-0.3, -0.25) is 19.5 Å². The Bertz CT molecular complexity index is 1180. The van der Waals surface area contributed by atoms with Gasteiger partial charge in [-0.05, 0) is 48.7 Å². The number of phenolic OH excluding ortho intramolecular Hbond substituents is 1. The van der Waals surface area contributed by atoms with E-state index < -0.39 is 17.7 Å². The molecular weight excluding hydrogens is 392 g/mol. The molecule has 3 aromatic rings. The van der Waals surface area contributed by atoms with E-state index in [1.165, 1.54) is 11.0 Å². The number of hydrogen-bond donors (Lipinski definition) is 2. The predicted octanol–water partition coefficient (Wildman–Crippen LogP) is 4.28. The fourth-order valence-corrected chi connectivity index (χ4v) is 3.78. The molecule has 1 atom stereocenters. The molecule has 1 aromatic heterocycles. The number of hydrogen-bond acceptors (Lipinski definition) is 5. The van der Waals surface area contributed by atoms with E-state index >= 15 is 0 Å². The van der Waals surface area contributed by atoms with Crippen LogP contribution in [0.25, 0.3) is 5.76 Å². The summed E-state index contributed by atoms with van der Waals surface area (Å²) in [6, 6.07) is 16.2. The molecule has 2 heterocycles. The number of aryl methyl sites for hydroxylation is 2. The SMILES string of the molecule is CCc1ccc(/C(O)=C2\C(=O)C(=O)N(c3cc(C)ccc3O)C2c2ccccn2)cc1. The molecule has 1 amide bonds. The number of carbonyl (C=O) groups excluding carboxylic acids is 2. The number of aromatic hydroxyl groups is 1. The summed E-state index contributed by atoms with van der Waals surface area (Å²) in [5, 5.41) is 21.5. The van der Waals surface area contributed by atoms with Crippen molar-refractivity contribution >= 4 is 23.1 Å². The molecule has 1 aliphatic heterocycles. The summed E-state index contributed by atoms with van der Waals surface area (Å²) in [4.78, 5) is 31.7. The summed E-state index contributed by atoms with van der Waals surface area (Å²) in [7, 11) is 0. The van der Waals surface area contributed by atoms with Gasteiger partial charge in [0.1, 0.15) is 17.6 Å². The van der Waals surface area contributed by atoms with Gasteiger partial charge in [0.25, 0.3) is 11.7 Å². The van der Waals surface area contributed by atoms with Crippen molar-refractivity contribution in [3.05, 3.63) is 94.8 Å². The lowest BCUT2D eigenvalue weighted by Crippen LogP contribution is -2.30. The first kappa shape index (κ1) is 20.3. The van der Waals surface area contributed by atoms with Gasteiger partial charge < -0.3 is 10.2 Å². The Labute approximate surface area is 180 Å². The zero-order valence-electron chi connectivity index (χ0n) is 17.2. The van der Waals surface area contributed by atoms with Gasteiger partial charge >= 0.3 is 0 Å². The first-order valence-corrected chi connectivity index (χ1v) is 10.0. The Morgan fingerprint density at radius 3 is 2.45 bits per heavy atom. The monoisotopic (exact) mass is 414 g/mol. The second-order valence-corrected chi connectivity index (χ2v) is 7.47. The Balaban J connectivity index is 1.94. The van der Waals surface area contributed by atoms with E-state index in [4.69, 9.17) is 0 Å². The molecule has 0 saturated carbocycles. The molecule has 1 unspecified atom stereocenters. The fraction of sp³-hybridized carbons (Fsp3) is 0.160. The van der Waals surface area contributed by atoms with Gasteiger partial charge in [0.15, 0.2) is 0 Å². The van der Waals surface area contributed by atoms with Crippen molar-refractivity contribution in [3.8, 4) is 5.75 Å². The molecule has 6 nitrogen and oxygen atoms in total. The maximum Gasteiger partial charge on any atom is 0.300 e. The van der Waals surface area contributed by atoms with Gasteiger partial charge in [-0.15, -0.1) is 0 Å². The predicted molar refractivity (Wildman–Crippen MR) is 118 cm³/mol. The number of phenols is 1. The van der Waals surface area contributed by atoms with E-state index in [2.05, 4.69) is 4.98 Å². The van der Waals surface area contributed by atoms with Crippen LogP contribution in [0.5, 0.6) is 5.75 Å². The summed E-state index contributed by atoms with van der Waals surface area (Å²) in [6.07, 6.45) is 2.40. The second kappa shape index (κ2) is 8.07. The molecule has 2 N–H and O–H groups in total. The molecule has 4 rings (SSSR count). The summed E-state index contributed by atoms with van der Waals surface area (Å²) in [6.45, 7) is 3.85. The van der Waals surface area contributed by atoms with Crippen LogP contribution in [-0.2, 0) is 16.0 Å². The third-order valence-electron chi connectivity index (χ3n) is 5.44. The van der Waals surface area contributed by atoms with Crippen molar-refractivity contribution < 1.29 is 19.8 Å². The van der Waals surface area contributed by atoms with E-state index in [1.54, 1.807) is 48.7 Å². The lowest BCUT2D eigenvalue weighted by molar-refractivity contribution is -0.132. The number of amides is 1. The maximum absolute atomic E-state index is 13.1. The Kier molecular flexibility index (Phi) is 5.29. The Morgan fingerprint density at radius 2 is 1.81 bits per heavy atom. The lowest BCUT2D eigenvalue weighted by atomic mass is 9.97. The molecule has 1 saturated heterocycles. The average molecular weight is 414 g/mol. The average Bonchev–Trinajstić information content (AvgIpc) is 3.06. The van der Waals surface area contributed by atoms with Crippen molar-refractivity contribution in [3.63, 3.8) is 0 Å².